The van der Waals surface area contributed by atoms with Crippen molar-refractivity contribution in [1.29, 1.82) is 0 Å². The van der Waals surface area contributed by atoms with Crippen LogP contribution in [0.3, 0.4) is 0 Å². The van der Waals surface area contributed by atoms with E-state index in [-0.39, 0.29) is 12.6 Å². The zero-order valence-corrected chi connectivity index (χ0v) is 14.3. The monoisotopic (exact) mass is 314 g/mol. The number of rotatable bonds is 7. The fourth-order valence-corrected chi connectivity index (χ4v) is 2.48. The highest BCUT2D eigenvalue weighted by molar-refractivity contribution is 5.53. The van der Waals surface area contributed by atoms with Crippen molar-refractivity contribution < 1.29 is 9.84 Å². The van der Waals surface area contributed by atoms with E-state index in [1.54, 1.807) is 0 Å². The Morgan fingerprint density at radius 3 is 2.39 bits per heavy atom. The zero-order valence-electron chi connectivity index (χ0n) is 14.3. The summed E-state index contributed by atoms with van der Waals surface area (Å²) in [4.78, 5) is 2.09. The van der Waals surface area contributed by atoms with Gasteiger partial charge in [0.2, 0.25) is 0 Å². The highest BCUT2D eigenvalue weighted by Gasteiger charge is 2.09. The van der Waals surface area contributed by atoms with Crippen molar-refractivity contribution in [1.82, 2.24) is 0 Å². The maximum absolute atomic E-state index is 9.49. The van der Waals surface area contributed by atoms with Crippen LogP contribution in [0.4, 0.5) is 11.4 Å². The van der Waals surface area contributed by atoms with Crippen molar-refractivity contribution in [2.45, 2.75) is 26.5 Å². The van der Waals surface area contributed by atoms with Crippen LogP contribution in [0, 0.1) is 0 Å². The second-order valence-corrected chi connectivity index (χ2v) is 5.77. The molecule has 0 fully saturated rings. The minimum atomic E-state index is -0.0310. The molecule has 0 saturated heterocycles. The molecule has 2 N–H and O–H groups in total. The van der Waals surface area contributed by atoms with Crippen molar-refractivity contribution >= 4 is 11.4 Å². The van der Waals surface area contributed by atoms with Crippen LogP contribution in [0.25, 0.3) is 0 Å². The van der Waals surface area contributed by atoms with Gasteiger partial charge in [0.05, 0.1) is 13.2 Å². The van der Waals surface area contributed by atoms with Crippen molar-refractivity contribution in [3.8, 4) is 5.75 Å². The first-order valence-corrected chi connectivity index (χ1v) is 7.95. The number of nitrogens with one attached hydrogen (secondary N) is 1. The van der Waals surface area contributed by atoms with Crippen LogP contribution in [0.5, 0.6) is 5.75 Å². The van der Waals surface area contributed by atoms with Gasteiger partial charge in [-0.05, 0) is 49.7 Å². The van der Waals surface area contributed by atoms with Gasteiger partial charge < -0.3 is 20.1 Å². The van der Waals surface area contributed by atoms with Gasteiger partial charge in [-0.3, -0.25) is 0 Å². The summed E-state index contributed by atoms with van der Waals surface area (Å²) in [5.41, 5.74) is 4.17. The molecule has 0 saturated carbocycles. The largest absolute Gasteiger partial charge is 0.494 e. The van der Waals surface area contributed by atoms with E-state index in [4.69, 9.17) is 4.74 Å². The van der Waals surface area contributed by atoms with Crippen LogP contribution >= 0.6 is 0 Å². The van der Waals surface area contributed by atoms with Gasteiger partial charge >= 0.3 is 0 Å². The summed E-state index contributed by atoms with van der Waals surface area (Å²) >= 11 is 0. The molecule has 1 unspecified atom stereocenters. The van der Waals surface area contributed by atoms with E-state index >= 15 is 0 Å². The Balaban J connectivity index is 2.11. The summed E-state index contributed by atoms with van der Waals surface area (Å²) in [5.74, 6) is 0.739. The van der Waals surface area contributed by atoms with Crippen molar-refractivity contribution in [2.24, 2.45) is 0 Å². The number of hydrogen-bond acceptors (Lipinski definition) is 4. The standard InChI is InChI=1S/C19H26N2O2/c1-5-23-19-11-8-17(12-16(19)13-22)20-14(2)15-6-9-18(10-7-15)21(3)4/h6-12,14,20,22H,5,13H2,1-4H3. The Kier molecular flexibility index (Phi) is 5.88. The Morgan fingerprint density at radius 1 is 1.13 bits per heavy atom. The van der Waals surface area contributed by atoms with Crippen LogP contribution in [0.15, 0.2) is 42.5 Å². The number of anilines is 2. The molecule has 0 amide bonds. The van der Waals surface area contributed by atoms with Gasteiger partial charge in [0.15, 0.2) is 0 Å². The van der Waals surface area contributed by atoms with E-state index in [0.29, 0.717) is 6.61 Å². The number of aliphatic hydroxyl groups is 1. The van der Waals surface area contributed by atoms with Crippen LogP contribution in [-0.2, 0) is 6.61 Å². The van der Waals surface area contributed by atoms with E-state index in [9.17, 15) is 5.11 Å². The van der Waals surface area contributed by atoms with Crippen LogP contribution in [0.2, 0.25) is 0 Å². The smallest absolute Gasteiger partial charge is 0.124 e. The summed E-state index contributed by atoms with van der Waals surface area (Å²) in [6.07, 6.45) is 0. The molecule has 0 heterocycles. The van der Waals surface area contributed by atoms with E-state index in [2.05, 4.69) is 41.4 Å². The van der Waals surface area contributed by atoms with Gasteiger partial charge in [0.25, 0.3) is 0 Å². The lowest BCUT2D eigenvalue weighted by Crippen LogP contribution is -2.10. The number of benzene rings is 2. The lowest BCUT2D eigenvalue weighted by Gasteiger charge is -2.19. The average Bonchev–Trinajstić information content (AvgIpc) is 2.56. The minimum absolute atomic E-state index is 0.0310. The zero-order chi connectivity index (χ0) is 16.8. The number of aliphatic hydroxyl groups excluding tert-OH is 1. The topological polar surface area (TPSA) is 44.7 Å². The molecule has 124 valence electrons. The average molecular weight is 314 g/mol. The summed E-state index contributed by atoms with van der Waals surface area (Å²) < 4.78 is 5.52. The maximum atomic E-state index is 9.49. The summed E-state index contributed by atoms with van der Waals surface area (Å²) in [6, 6.07) is 14.5. The predicted molar refractivity (Wildman–Crippen MR) is 96.3 cm³/mol. The Morgan fingerprint density at radius 2 is 1.83 bits per heavy atom. The molecular weight excluding hydrogens is 288 g/mol. The molecule has 2 rings (SSSR count). The minimum Gasteiger partial charge on any atom is -0.494 e. The molecule has 1 atom stereocenters. The highest BCUT2D eigenvalue weighted by atomic mass is 16.5. The van der Waals surface area contributed by atoms with E-state index in [1.165, 1.54) is 11.3 Å². The molecule has 0 radical (unpaired) electrons. The fourth-order valence-electron chi connectivity index (χ4n) is 2.48. The number of ether oxygens (including phenoxy) is 1. The van der Waals surface area contributed by atoms with Crippen LogP contribution in [0.1, 0.15) is 31.0 Å². The third-order valence-corrected chi connectivity index (χ3v) is 3.82. The second kappa shape index (κ2) is 7.88. The first-order valence-electron chi connectivity index (χ1n) is 7.95. The van der Waals surface area contributed by atoms with Crippen molar-refractivity contribution in [3.05, 3.63) is 53.6 Å². The predicted octanol–water partition coefficient (Wildman–Crippen LogP) is 3.82. The highest BCUT2D eigenvalue weighted by Crippen LogP contribution is 2.26. The molecule has 0 aliphatic rings. The van der Waals surface area contributed by atoms with E-state index < -0.39 is 0 Å². The Bertz CT molecular complexity index is 624. The third kappa shape index (κ3) is 4.39. The fraction of sp³-hybridized carbons (Fsp3) is 0.368. The van der Waals surface area contributed by atoms with Crippen molar-refractivity contribution in [2.75, 3.05) is 30.9 Å². The van der Waals surface area contributed by atoms with Gasteiger partial charge in [-0.2, -0.15) is 0 Å². The summed E-state index contributed by atoms with van der Waals surface area (Å²) in [7, 11) is 4.07. The molecule has 4 nitrogen and oxygen atoms in total. The SMILES string of the molecule is CCOc1ccc(NC(C)c2ccc(N(C)C)cc2)cc1CO. The quantitative estimate of drug-likeness (QED) is 0.815. The number of nitrogens with zero attached hydrogens (tertiary/aromatic N) is 1. The Hall–Kier alpha value is -2.20. The first-order chi connectivity index (χ1) is 11.0. The molecule has 0 aliphatic heterocycles. The second-order valence-electron chi connectivity index (χ2n) is 5.77. The van der Waals surface area contributed by atoms with Gasteiger partial charge in [-0.25, -0.2) is 0 Å². The molecule has 2 aromatic rings. The van der Waals surface area contributed by atoms with Crippen molar-refractivity contribution in [3.63, 3.8) is 0 Å². The molecule has 23 heavy (non-hydrogen) atoms. The van der Waals surface area contributed by atoms with Gasteiger partial charge in [0.1, 0.15) is 5.75 Å². The molecular formula is C19H26N2O2. The maximum Gasteiger partial charge on any atom is 0.124 e. The van der Waals surface area contributed by atoms with Crippen LogP contribution in [-0.4, -0.2) is 25.8 Å². The van der Waals surface area contributed by atoms with E-state index in [1.807, 2.05) is 39.2 Å². The molecule has 0 aromatic heterocycles. The van der Waals surface area contributed by atoms with Gasteiger partial charge in [-0.15, -0.1) is 0 Å². The summed E-state index contributed by atoms with van der Waals surface area (Å²) in [5, 5.41) is 13.0. The molecule has 0 spiro atoms. The molecule has 0 aliphatic carbocycles. The molecule has 0 bridgehead atoms. The van der Waals surface area contributed by atoms with Gasteiger partial charge in [-0.1, -0.05) is 12.1 Å². The lowest BCUT2D eigenvalue weighted by atomic mass is 10.1. The van der Waals surface area contributed by atoms with E-state index in [0.717, 1.165) is 17.0 Å². The lowest BCUT2D eigenvalue weighted by molar-refractivity contribution is 0.267. The normalized spacial score (nSPS) is 11.9. The van der Waals surface area contributed by atoms with Crippen LogP contribution < -0.4 is 15.0 Å². The Labute approximate surface area is 138 Å². The first kappa shape index (κ1) is 17.2. The van der Waals surface area contributed by atoms with Gasteiger partial charge in [0, 0.05) is 37.1 Å². The summed E-state index contributed by atoms with van der Waals surface area (Å²) in [6.45, 7) is 4.62. The molecule has 2 aromatic carbocycles. The molecule has 4 heteroatoms. The number of hydrogen-bond donors (Lipinski definition) is 2. The third-order valence-electron chi connectivity index (χ3n) is 3.82.